The minimum Gasteiger partial charge on any atom is -0.480 e. The fourth-order valence-corrected chi connectivity index (χ4v) is 4.33. The molecule has 206 valence electrons. The molecular weight excluding hydrogens is 537 g/mol. The highest BCUT2D eigenvalue weighted by Gasteiger charge is 2.16. The Balaban J connectivity index is 0.00000370. The fraction of sp³-hybridized carbons (Fsp3) is 0.138. The lowest BCUT2D eigenvalue weighted by atomic mass is 9.98. The van der Waals surface area contributed by atoms with Crippen molar-refractivity contribution in [2.45, 2.75) is 25.6 Å². The van der Waals surface area contributed by atoms with Gasteiger partial charge >= 0.3 is 5.97 Å². The molecule has 11 heteroatoms. The molecule has 0 bridgehead atoms. The standard InChI is InChI=1S/C29H26FN5O4.ClH/c30-21-8-7-20(24(14-21)19-5-1-18(16-36)2-6-19)15-35-12-11-23-26(35)33-29(32)34-27(23)39-22-9-3-17(4-10-22)13-25(31)28(37)38;/h1-12,14,25,36H,13,15-16,31H2,(H,37,38)(H2,32,33,34);1H. The molecule has 6 N–H and O–H groups in total. The number of hydrogen-bond acceptors (Lipinski definition) is 7. The van der Waals surface area contributed by atoms with Crippen LogP contribution in [0.2, 0.25) is 0 Å². The van der Waals surface area contributed by atoms with Crippen molar-refractivity contribution in [3.63, 3.8) is 0 Å². The molecule has 0 saturated heterocycles. The summed E-state index contributed by atoms with van der Waals surface area (Å²) in [6, 6.07) is 19.7. The van der Waals surface area contributed by atoms with Gasteiger partial charge in [0.25, 0.3) is 0 Å². The normalized spacial score (nSPS) is 11.7. The summed E-state index contributed by atoms with van der Waals surface area (Å²) in [4.78, 5) is 19.7. The molecule has 0 aliphatic rings. The van der Waals surface area contributed by atoms with E-state index in [0.29, 0.717) is 23.3 Å². The molecule has 5 aromatic rings. The monoisotopic (exact) mass is 563 g/mol. The smallest absolute Gasteiger partial charge is 0.320 e. The summed E-state index contributed by atoms with van der Waals surface area (Å²) >= 11 is 0. The molecule has 2 aromatic heterocycles. The predicted octanol–water partition coefficient (Wildman–Crippen LogP) is 4.53. The van der Waals surface area contributed by atoms with E-state index in [-0.39, 0.29) is 43.1 Å². The Bertz CT molecular complexity index is 1640. The molecule has 9 nitrogen and oxygen atoms in total. The molecular formula is C29H27ClFN5O4. The van der Waals surface area contributed by atoms with Gasteiger partial charge in [-0.2, -0.15) is 9.97 Å². The van der Waals surface area contributed by atoms with E-state index in [1.807, 2.05) is 29.0 Å². The van der Waals surface area contributed by atoms with Crippen LogP contribution in [0.15, 0.2) is 79.0 Å². The number of nitrogens with zero attached hydrogens (tertiary/aromatic N) is 3. The molecule has 3 aromatic carbocycles. The van der Waals surface area contributed by atoms with Gasteiger partial charge in [0, 0.05) is 12.7 Å². The highest BCUT2D eigenvalue weighted by molar-refractivity contribution is 5.85. The third kappa shape index (κ3) is 6.20. The quantitative estimate of drug-likeness (QED) is 0.204. The number of fused-ring (bicyclic) bond motifs is 1. The highest BCUT2D eigenvalue weighted by atomic mass is 35.5. The topological polar surface area (TPSA) is 150 Å². The maximum atomic E-state index is 14.2. The molecule has 0 spiro atoms. The van der Waals surface area contributed by atoms with Gasteiger partial charge in [-0.05, 0) is 64.6 Å². The molecule has 5 rings (SSSR count). The summed E-state index contributed by atoms with van der Waals surface area (Å²) in [6.45, 7) is 0.315. The van der Waals surface area contributed by atoms with E-state index in [0.717, 1.165) is 27.8 Å². The van der Waals surface area contributed by atoms with E-state index in [9.17, 15) is 14.3 Å². The number of aliphatic hydroxyl groups excluding tert-OH is 1. The molecule has 0 aliphatic heterocycles. The lowest BCUT2D eigenvalue weighted by Crippen LogP contribution is -2.32. The Morgan fingerprint density at radius 2 is 1.70 bits per heavy atom. The van der Waals surface area contributed by atoms with E-state index in [4.69, 9.17) is 21.3 Å². The Kier molecular flexibility index (Phi) is 8.64. The average molecular weight is 564 g/mol. The number of hydrogen-bond donors (Lipinski definition) is 4. The first-order valence-corrected chi connectivity index (χ1v) is 12.2. The number of aliphatic hydroxyl groups is 1. The van der Waals surface area contributed by atoms with E-state index >= 15 is 0 Å². The van der Waals surface area contributed by atoms with Crippen LogP contribution < -0.4 is 16.2 Å². The zero-order chi connectivity index (χ0) is 27.5. The van der Waals surface area contributed by atoms with Crippen LogP contribution in [0.5, 0.6) is 11.6 Å². The first-order valence-electron chi connectivity index (χ1n) is 12.2. The van der Waals surface area contributed by atoms with Gasteiger partial charge in [-0.25, -0.2) is 4.39 Å². The second-order valence-corrected chi connectivity index (χ2v) is 9.12. The number of carbonyl (C=O) groups is 1. The van der Waals surface area contributed by atoms with Crippen molar-refractivity contribution < 1.29 is 24.1 Å². The number of carboxylic acid groups (broad SMARTS) is 1. The second kappa shape index (κ2) is 12.1. The molecule has 0 saturated carbocycles. The number of nitrogens with two attached hydrogens (primary N) is 2. The largest absolute Gasteiger partial charge is 0.480 e. The molecule has 40 heavy (non-hydrogen) atoms. The lowest BCUT2D eigenvalue weighted by molar-refractivity contribution is -0.138. The number of benzene rings is 3. The third-order valence-corrected chi connectivity index (χ3v) is 6.37. The number of carboxylic acids is 1. The number of aromatic nitrogens is 3. The molecule has 2 heterocycles. The van der Waals surface area contributed by atoms with Crippen LogP contribution in [0.4, 0.5) is 10.3 Å². The first kappa shape index (κ1) is 28.5. The van der Waals surface area contributed by atoms with Crippen LogP contribution in [0.1, 0.15) is 16.7 Å². The van der Waals surface area contributed by atoms with Crippen molar-refractivity contribution in [1.29, 1.82) is 0 Å². The van der Waals surface area contributed by atoms with Crippen molar-refractivity contribution in [3.05, 3.63) is 102 Å². The van der Waals surface area contributed by atoms with Gasteiger partial charge in [0.15, 0.2) is 0 Å². The summed E-state index contributed by atoms with van der Waals surface area (Å²) in [5.74, 6) is -0.630. The molecule has 0 aliphatic carbocycles. The van der Waals surface area contributed by atoms with Gasteiger partial charge in [0.2, 0.25) is 11.8 Å². The maximum Gasteiger partial charge on any atom is 0.320 e. The summed E-state index contributed by atoms with van der Waals surface area (Å²) in [5, 5.41) is 19.0. The number of aliphatic carboxylic acids is 1. The van der Waals surface area contributed by atoms with Gasteiger partial charge in [-0.15, -0.1) is 12.4 Å². The van der Waals surface area contributed by atoms with Crippen LogP contribution in [-0.4, -0.2) is 36.8 Å². The second-order valence-electron chi connectivity index (χ2n) is 9.12. The van der Waals surface area contributed by atoms with Crippen LogP contribution >= 0.6 is 12.4 Å². The summed E-state index contributed by atoms with van der Waals surface area (Å²) in [7, 11) is 0. The van der Waals surface area contributed by atoms with Gasteiger partial charge in [0.05, 0.1) is 12.0 Å². The Morgan fingerprint density at radius 3 is 2.38 bits per heavy atom. The minimum absolute atomic E-state index is 0. The zero-order valence-corrected chi connectivity index (χ0v) is 22.0. The van der Waals surface area contributed by atoms with E-state index in [1.165, 1.54) is 12.1 Å². The van der Waals surface area contributed by atoms with Gasteiger partial charge in [-0.1, -0.05) is 42.5 Å². The Hall–Kier alpha value is -4.51. The van der Waals surface area contributed by atoms with E-state index in [1.54, 1.807) is 42.5 Å². The summed E-state index contributed by atoms with van der Waals surface area (Å²) < 4.78 is 22.1. The van der Waals surface area contributed by atoms with Crippen LogP contribution in [0, 0.1) is 5.82 Å². The van der Waals surface area contributed by atoms with Crippen molar-refractivity contribution in [2.24, 2.45) is 5.73 Å². The van der Waals surface area contributed by atoms with Crippen molar-refractivity contribution in [3.8, 4) is 22.8 Å². The van der Waals surface area contributed by atoms with E-state index in [2.05, 4.69) is 9.97 Å². The van der Waals surface area contributed by atoms with Gasteiger partial charge in [0.1, 0.15) is 23.3 Å². The van der Waals surface area contributed by atoms with Crippen molar-refractivity contribution >= 4 is 35.4 Å². The number of rotatable bonds is 9. The fourth-order valence-electron chi connectivity index (χ4n) is 4.33. The van der Waals surface area contributed by atoms with Gasteiger partial charge < -0.3 is 31.0 Å². The van der Waals surface area contributed by atoms with Crippen molar-refractivity contribution in [1.82, 2.24) is 14.5 Å². The Labute approximate surface area is 235 Å². The number of anilines is 1. The minimum atomic E-state index is -1.06. The molecule has 1 unspecified atom stereocenters. The van der Waals surface area contributed by atoms with Crippen LogP contribution in [0.3, 0.4) is 0 Å². The Morgan fingerprint density at radius 1 is 1.00 bits per heavy atom. The number of ether oxygens (including phenoxy) is 1. The molecule has 0 fully saturated rings. The zero-order valence-electron chi connectivity index (χ0n) is 21.2. The summed E-state index contributed by atoms with van der Waals surface area (Å²) in [6.07, 6.45) is 2.03. The molecule has 0 amide bonds. The average Bonchev–Trinajstić information content (AvgIpc) is 3.33. The van der Waals surface area contributed by atoms with E-state index < -0.39 is 12.0 Å². The third-order valence-electron chi connectivity index (χ3n) is 6.37. The SMILES string of the molecule is Cl.Nc1nc(Oc2ccc(CC(N)C(=O)O)cc2)c2ccn(Cc3ccc(F)cc3-c3ccc(CO)cc3)c2n1. The maximum absolute atomic E-state index is 14.2. The van der Waals surface area contributed by atoms with Gasteiger partial charge in [-0.3, -0.25) is 4.79 Å². The number of nitrogen functional groups attached to an aromatic ring is 1. The lowest BCUT2D eigenvalue weighted by Gasteiger charge is -2.13. The first-order chi connectivity index (χ1) is 18.8. The molecule has 0 radical (unpaired) electrons. The van der Waals surface area contributed by atoms with Crippen LogP contribution in [-0.2, 0) is 24.4 Å². The molecule has 1 atom stereocenters. The van der Waals surface area contributed by atoms with Crippen molar-refractivity contribution in [2.75, 3.05) is 5.73 Å². The van der Waals surface area contributed by atoms with Crippen LogP contribution in [0.25, 0.3) is 22.2 Å². The predicted molar refractivity (Wildman–Crippen MR) is 152 cm³/mol. The highest BCUT2D eigenvalue weighted by Crippen LogP contribution is 2.31. The summed E-state index contributed by atoms with van der Waals surface area (Å²) in [5.41, 5.74) is 16.1. The number of halogens is 2.